The van der Waals surface area contributed by atoms with E-state index in [-0.39, 0.29) is 6.10 Å². The summed E-state index contributed by atoms with van der Waals surface area (Å²) in [4.78, 5) is 2.31. The fourth-order valence-electron chi connectivity index (χ4n) is 2.02. The predicted octanol–water partition coefficient (Wildman–Crippen LogP) is 1.75. The van der Waals surface area contributed by atoms with Gasteiger partial charge in [0.05, 0.1) is 12.7 Å². The summed E-state index contributed by atoms with van der Waals surface area (Å²) in [5.41, 5.74) is 0. The smallest absolute Gasteiger partial charge is 0.0593 e. The highest BCUT2D eigenvalue weighted by Crippen LogP contribution is 2.27. The fourth-order valence-corrected chi connectivity index (χ4v) is 2.02. The van der Waals surface area contributed by atoms with E-state index in [9.17, 15) is 5.11 Å². The molecule has 0 aromatic rings. The quantitative estimate of drug-likeness (QED) is 0.644. The van der Waals surface area contributed by atoms with Gasteiger partial charge in [-0.25, -0.2) is 0 Å². The van der Waals surface area contributed by atoms with Crippen molar-refractivity contribution in [2.45, 2.75) is 39.2 Å². The molecular formula is C13H27NO2. The van der Waals surface area contributed by atoms with E-state index in [0.717, 1.165) is 51.5 Å². The summed E-state index contributed by atoms with van der Waals surface area (Å²) in [6, 6.07) is 0. The number of aliphatic hydroxyl groups excluding tert-OH is 1. The van der Waals surface area contributed by atoms with Crippen LogP contribution in [0.5, 0.6) is 0 Å². The lowest BCUT2D eigenvalue weighted by Gasteiger charge is -2.34. The number of nitrogens with zero attached hydrogens (tertiary/aromatic N) is 1. The lowest BCUT2D eigenvalue weighted by Crippen LogP contribution is -2.38. The predicted molar refractivity (Wildman–Crippen MR) is 66.5 cm³/mol. The second-order valence-corrected chi connectivity index (χ2v) is 5.55. The molecule has 0 bridgehead atoms. The van der Waals surface area contributed by atoms with Crippen LogP contribution in [0.4, 0.5) is 0 Å². The zero-order valence-corrected chi connectivity index (χ0v) is 11.0. The minimum absolute atomic E-state index is 0.0271. The summed E-state index contributed by atoms with van der Waals surface area (Å²) >= 11 is 0. The monoisotopic (exact) mass is 229 g/mol. The maximum absolute atomic E-state index is 9.19. The molecule has 3 heteroatoms. The first-order valence-electron chi connectivity index (χ1n) is 6.52. The van der Waals surface area contributed by atoms with Gasteiger partial charge in [0.1, 0.15) is 0 Å². The highest BCUT2D eigenvalue weighted by Gasteiger charge is 2.27. The van der Waals surface area contributed by atoms with Crippen LogP contribution in [-0.2, 0) is 4.74 Å². The van der Waals surface area contributed by atoms with Crippen LogP contribution in [-0.4, -0.2) is 49.5 Å². The maximum atomic E-state index is 9.19. The van der Waals surface area contributed by atoms with Gasteiger partial charge >= 0.3 is 0 Å². The van der Waals surface area contributed by atoms with Gasteiger partial charge in [-0.1, -0.05) is 13.8 Å². The summed E-state index contributed by atoms with van der Waals surface area (Å²) in [5, 5.41) is 9.19. The molecule has 0 aromatic carbocycles. The Morgan fingerprint density at radius 1 is 1.31 bits per heavy atom. The largest absolute Gasteiger partial charge is 0.393 e. The molecule has 0 aliphatic heterocycles. The first kappa shape index (κ1) is 13.9. The van der Waals surface area contributed by atoms with E-state index in [1.54, 1.807) is 0 Å². The van der Waals surface area contributed by atoms with Crippen molar-refractivity contribution in [2.75, 3.05) is 33.4 Å². The normalized spacial score (nSPS) is 25.1. The Morgan fingerprint density at radius 3 is 2.56 bits per heavy atom. The molecule has 3 nitrogen and oxygen atoms in total. The van der Waals surface area contributed by atoms with E-state index in [0.29, 0.717) is 5.92 Å². The van der Waals surface area contributed by atoms with E-state index in [2.05, 4.69) is 25.8 Å². The van der Waals surface area contributed by atoms with Gasteiger partial charge in [0.15, 0.2) is 0 Å². The first-order chi connectivity index (χ1) is 7.58. The van der Waals surface area contributed by atoms with E-state index in [4.69, 9.17) is 4.74 Å². The van der Waals surface area contributed by atoms with Crippen molar-refractivity contribution in [3.8, 4) is 0 Å². The maximum Gasteiger partial charge on any atom is 0.0593 e. The van der Waals surface area contributed by atoms with Crippen molar-refractivity contribution in [2.24, 2.45) is 11.8 Å². The fraction of sp³-hybridized carbons (Fsp3) is 1.00. The molecule has 1 aliphatic carbocycles. The lowest BCUT2D eigenvalue weighted by molar-refractivity contribution is 0.0228. The van der Waals surface area contributed by atoms with Crippen LogP contribution in [0.15, 0.2) is 0 Å². The molecular weight excluding hydrogens is 202 g/mol. The second-order valence-electron chi connectivity index (χ2n) is 5.55. The Kier molecular flexibility index (Phi) is 6.32. The topological polar surface area (TPSA) is 32.7 Å². The highest BCUT2D eigenvalue weighted by atomic mass is 16.5. The molecule has 1 rings (SSSR count). The van der Waals surface area contributed by atoms with Crippen molar-refractivity contribution in [1.82, 2.24) is 4.90 Å². The molecule has 1 saturated carbocycles. The second kappa shape index (κ2) is 7.25. The van der Waals surface area contributed by atoms with Gasteiger partial charge < -0.3 is 14.7 Å². The van der Waals surface area contributed by atoms with Gasteiger partial charge in [0.2, 0.25) is 0 Å². The summed E-state index contributed by atoms with van der Waals surface area (Å²) < 4.78 is 5.58. The minimum atomic E-state index is -0.0271. The molecule has 0 unspecified atom stereocenters. The average Bonchev–Trinajstić information content (AvgIpc) is 2.14. The summed E-state index contributed by atoms with van der Waals surface area (Å²) in [6.45, 7) is 8.26. The Balaban J connectivity index is 1.88. The van der Waals surface area contributed by atoms with Gasteiger partial charge in [-0.05, 0) is 38.1 Å². The van der Waals surface area contributed by atoms with Gasteiger partial charge in [-0.3, -0.25) is 0 Å². The third kappa shape index (κ3) is 5.83. The Morgan fingerprint density at radius 2 is 2.00 bits per heavy atom. The number of hydrogen-bond acceptors (Lipinski definition) is 3. The number of aliphatic hydroxyl groups is 1. The van der Waals surface area contributed by atoms with Crippen molar-refractivity contribution in [1.29, 1.82) is 0 Å². The highest BCUT2D eigenvalue weighted by molar-refractivity contribution is 4.80. The molecule has 16 heavy (non-hydrogen) atoms. The molecule has 1 aliphatic rings. The Labute approximate surface area is 99.8 Å². The standard InChI is InChI=1S/C13H27NO2/c1-11(2)4-6-16-7-5-14(3)10-12-8-13(15)9-12/h11-13,15H,4-10H2,1-3H3. The zero-order valence-electron chi connectivity index (χ0n) is 11.0. The van der Waals surface area contributed by atoms with Crippen molar-refractivity contribution in [3.63, 3.8) is 0 Å². The number of likely N-dealkylation sites (N-methyl/N-ethyl adjacent to an activating group) is 1. The molecule has 0 aromatic heterocycles. The van der Waals surface area contributed by atoms with Crippen LogP contribution in [0.1, 0.15) is 33.1 Å². The lowest BCUT2D eigenvalue weighted by atomic mass is 9.82. The van der Waals surface area contributed by atoms with E-state index >= 15 is 0 Å². The molecule has 0 spiro atoms. The van der Waals surface area contributed by atoms with E-state index in [1.165, 1.54) is 0 Å². The van der Waals surface area contributed by atoms with Gasteiger partial charge in [0, 0.05) is 19.7 Å². The third-order valence-electron chi connectivity index (χ3n) is 3.24. The van der Waals surface area contributed by atoms with Gasteiger partial charge in [0.25, 0.3) is 0 Å². The Hall–Kier alpha value is -0.120. The summed E-state index contributed by atoms with van der Waals surface area (Å²) in [6.07, 6.45) is 3.09. The number of hydrogen-bond donors (Lipinski definition) is 1. The molecule has 0 amide bonds. The van der Waals surface area contributed by atoms with Gasteiger partial charge in [-0.15, -0.1) is 0 Å². The van der Waals surface area contributed by atoms with E-state index in [1.807, 2.05) is 0 Å². The van der Waals surface area contributed by atoms with Crippen LogP contribution < -0.4 is 0 Å². The average molecular weight is 229 g/mol. The minimum Gasteiger partial charge on any atom is -0.393 e. The van der Waals surface area contributed by atoms with Crippen LogP contribution in [0.25, 0.3) is 0 Å². The first-order valence-corrected chi connectivity index (χ1v) is 6.52. The van der Waals surface area contributed by atoms with Crippen molar-refractivity contribution >= 4 is 0 Å². The van der Waals surface area contributed by atoms with Crippen molar-refractivity contribution < 1.29 is 9.84 Å². The summed E-state index contributed by atoms with van der Waals surface area (Å²) in [7, 11) is 2.14. The molecule has 96 valence electrons. The molecule has 1 N–H and O–H groups in total. The molecule has 0 atom stereocenters. The van der Waals surface area contributed by atoms with Crippen LogP contribution >= 0.6 is 0 Å². The molecule has 0 radical (unpaired) electrons. The number of rotatable bonds is 8. The van der Waals surface area contributed by atoms with Gasteiger partial charge in [-0.2, -0.15) is 0 Å². The van der Waals surface area contributed by atoms with Crippen LogP contribution in [0.2, 0.25) is 0 Å². The summed E-state index contributed by atoms with van der Waals surface area (Å²) in [5.74, 6) is 1.44. The Bertz CT molecular complexity index is 179. The van der Waals surface area contributed by atoms with Crippen LogP contribution in [0, 0.1) is 11.8 Å². The number of ether oxygens (including phenoxy) is 1. The van der Waals surface area contributed by atoms with Crippen molar-refractivity contribution in [3.05, 3.63) is 0 Å². The zero-order chi connectivity index (χ0) is 12.0. The molecule has 1 fully saturated rings. The third-order valence-corrected chi connectivity index (χ3v) is 3.24. The SMILES string of the molecule is CC(C)CCOCCN(C)CC1CC(O)C1. The molecule has 0 saturated heterocycles. The van der Waals surface area contributed by atoms with E-state index < -0.39 is 0 Å². The van der Waals surface area contributed by atoms with Crippen LogP contribution in [0.3, 0.4) is 0 Å². The molecule has 0 heterocycles.